The van der Waals surface area contributed by atoms with Gasteiger partial charge in [-0.15, -0.1) is 11.3 Å². The van der Waals surface area contributed by atoms with Gasteiger partial charge in [-0.25, -0.2) is 14.8 Å². The molecule has 2 N–H and O–H groups in total. The number of aryl methyl sites for hydroxylation is 2. The smallest absolute Gasteiger partial charge is 0.337 e. The number of nitrogens with zero attached hydrogens (tertiary/aromatic N) is 2. The fourth-order valence-corrected chi connectivity index (χ4v) is 2.78. The third kappa shape index (κ3) is 3.30. The van der Waals surface area contributed by atoms with Crippen molar-refractivity contribution in [3.05, 3.63) is 45.2 Å². The Hall–Kier alpha value is -2.28. The van der Waals surface area contributed by atoms with Crippen LogP contribution in [0.2, 0.25) is 0 Å². The van der Waals surface area contributed by atoms with Crippen molar-refractivity contribution in [3.63, 3.8) is 0 Å². The molecule has 0 fully saturated rings. The summed E-state index contributed by atoms with van der Waals surface area (Å²) in [5.41, 5.74) is -0.0462. The molecular formula is C15H17N3O3S. The first-order valence-corrected chi connectivity index (χ1v) is 7.48. The Balaban J connectivity index is 2.22. The summed E-state index contributed by atoms with van der Waals surface area (Å²) >= 11 is 1.52. The summed E-state index contributed by atoms with van der Waals surface area (Å²) in [6, 6.07) is 2.80. The van der Waals surface area contributed by atoms with E-state index in [-0.39, 0.29) is 17.2 Å². The average molecular weight is 319 g/mol. The highest BCUT2D eigenvalue weighted by Gasteiger charge is 2.27. The number of amides is 1. The molecule has 2 aromatic heterocycles. The van der Waals surface area contributed by atoms with Crippen LogP contribution in [0.5, 0.6) is 0 Å². The number of carboxylic acid groups (broad SMARTS) is 1. The van der Waals surface area contributed by atoms with Gasteiger partial charge in [0.05, 0.1) is 16.8 Å². The SMILES string of the molecule is Cc1cnc(C(C)(C)NC(=O)c2ccc(C(=O)O)c(C)n2)s1. The minimum atomic E-state index is -1.06. The van der Waals surface area contributed by atoms with Crippen LogP contribution in [0.1, 0.15) is 50.3 Å². The van der Waals surface area contributed by atoms with Crippen molar-refractivity contribution in [2.45, 2.75) is 33.2 Å². The van der Waals surface area contributed by atoms with E-state index in [1.165, 1.54) is 23.5 Å². The molecule has 6 nitrogen and oxygen atoms in total. The van der Waals surface area contributed by atoms with Crippen molar-refractivity contribution in [1.29, 1.82) is 0 Å². The molecule has 2 aromatic rings. The van der Waals surface area contributed by atoms with Crippen LogP contribution in [-0.4, -0.2) is 27.0 Å². The van der Waals surface area contributed by atoms with E-state index in [1.807, 2.05) is 20.8 Å². The van der Waals surface area contributed by atoms with E-state index in [2.05, 4.69) is 15.3 Å². The monoisotopic (exact) mass is 319 g/mol. The second kappa shape index (κ2) is 5.84. The highest BCUT2D eigenvalue weighted by Crippen LogP contribution is 2.25. The Labute approximate surface area is 132 Å². The lowest BCUT2D eigenvalue weighted by Gasteiger charge is -2.23. The van der Waals surface area contributed by atoms with Gasteiger partial charge < -0.3 is 10.4 Å². The van der Waals surface area contributed by atoms with Crippen LogP contribution >= 0.6 is 11.3 Å². The highest BCUT2D eigenvalue weighted by molar-refractivity contribution is 7.11. The number of pyridine rings is 1. The topological polar surface area (TPSA) is 92.2 Å². The molecule has 0 saturated carbocycles. The van der Waals surface area contributed by atoms with Gasteiger partial charge in [-0.1, -0.05) is 0 Å². The zero-order chi connectivity index (χ0) is 16.5. The lowest BCUT2D eigenvalue weighted by Crippen LogP contribution is -2.41. The van der Waals surface area contributed by atoms with Crippen LogP contribution < -0.4 is 5.32 Å². The molecule has 22 heavy (non-hydrogen) atoms. The van der Waals surface area contributed by atoms with E-state index in [4.69, 9.17) is 5.11 Å². The predicted molar refractivity (Wildman–Crippen MR) is 83.3 cm³/mol. The normalized spacial score (nSPS) is 11.3. The molecule has 116 valence electrons. The number of aromatic carboxylic acids is 1. The van der Waals surface area contributed by atoms with Gasteiger partial charge in [0.15, 0.2) is 0 Å². The summed E-state index contributed by atoms with van der Waals surface area (Å²) in [5, 5.41) is 12.7. The molecule has 7 heteroatoms. The zero-order valence-electron chi connectivity index (χ0n) is 12.8. The van der Waals surface area contributed by atoms with Crippen LogP contribution in [0.25, 0.3) is 0 Å². The number of aromatic nitrogens is 2. The van der Waals surface area contributed by atoms with E-state index in [1.54, 1.807) is 13.1 Å². The van der Waals surface area contributed by atoms with Crippen molar-refractivity contribution in [2.24, 2.45) is 0 Å². The summed E-state index contributed by atoms with van der Waals surface area (Å²) in [5.74, 6) is -1.42. The molecule has 0 unspecified atom stereocenters. The maximum absolute atomic E-state index is 12.3. The Morgan fingerprint density at radius 1 is 1.27 bits per heavy atom. The van der Waals surface area contributed by atoms with Crippen molar-refractivity contribution in [1.82, 2.24) is 15.3 Å². The predicted octanol–water partition coefficient (Wildman–Crippen LogP) is 2.52. The van der Waals surface area contributed by atoms with Crippen LogP contribution in [0.15, 0.2) is 18.3 Å². The van der Waals surface area contributed by atoms with Gasteiger partial charge in [0.25, 0.3) is 5.91 Å². The highest BCUT2D eigenvalue weighted by atomic mass is 32.1. The third-order valence-corrected chi connectivity index (χ3v) is 4.37. The van der Waals surface area contributed by atoms with Crippen LogP contribution in [0.4, 0.5) is 0 Å². The molecular weight excluding hydrogens is 302 g/mol. The zero-order valence-corrected chi connectivity index (χ0v) is 13.6. The Morgan fingerprint density at radius 3 is 2.45 bits per heavy atom. The van der Waals surface area contributed by atoms with E-state index in [0.29, 0.717) is 5.69 Å². The first-order chi connectivity index (χ1) is 10.2. The summed E-state index contributed by atoms with van der Waals surface area (Å²) in [4.78, 5) is 32.7. The fraction of sp³-hybridized carbons (Fsp3) is 0.333. The number of nitrogens with one attached hydrogen (secondary N) is 1. The standard InChI is InChI=1S/C15H17N3O3S/c1-8-7-16-14(22-8)15(3,4)18-12(19)11-6-5-10(13(20)21)9(2)17-11/h5-7H,1-4H3,(H,18,19)(H,20,21). The largest absolute Gasteiger partial charge is 0.478 e. The molecule has 0 aromatic carbocycles. The summed E-state index contributed by atoms with van der Waals surface area (Å²) in [6.07, 6.45) is 1.76. The molecule has 0 bridgehead atoms. The van der Waals surface area contributed by atoms with Crippen molar-refractivity contribution in [2.75, 3.05) is 0 Å². The van der Waals surface area contributed by atoms with Gasteiger partial charge in [0.2, 0.25) is 0 Å². The second-order valence-electron chi connectivity index (χ2n) is 5.49. The number of hydrogen-bond donors (Lipinski definition) is 2. The minimum absolute atomic E-state index is 0.0892. The number of rotatable bonds is 4. The van der Waals surface area contributed by atoms with Gasteiger partial charge in [-0.05, 0) is 39.8 Å². The quantitative estimate of drug-likeness (QED) is 0.903. The molecule has 2 heterocycles. The van der Waals surface area contributed by atoms with Gasteiger partial charge in [0.1, 0.15) is 10.7 Å². The fourth-order valence-electron chi connectivity index (χ4n) is 1.96. The molecule has 0 spiro atoms. The summed E-state index contributed by atoms with van der Waals surface area (Å²) < 4.78 is 0. The maximum atomic E-state index is 12.3. The van der Waals surface area contributed by atoms with Crippen LogP contribution in [0.3, 0.4) is 0 Å². The lowest BCUT2D eigenvalue weighted by molar-refractivity contribution is 0.0694. The molecule has 0 aliphatic rings. The van der Waals surface area contributed by atoms with Gasteiger partial charge in [-0.2, -0.15) is 0 Å². The molecule has 0 saturated heterocycles. The first kappa shape index (κ1) is 16.1. The third-order valence-electron chi connectivity index (χ3n) is 3.13. The van der Waals surface area contributed by atoms with E-state index in [0.717, 1.165) is 9.88 Å². The van der Waals surface area contributed by atoms with Crippen molar-refractivity contribution < 1.29 is 14.7 Å². The van der Waals surface area contributed by atoms with Crippen molar-refractivity contribution >= 4 is 23.2 Å². The maximum Gasteiger partial charge on any atom is 0.337 e. The number of hydrogen-bond acceptors (Lipinski definition) is 5. The Bertz CT molecular complexity index is 737. The molecule has 0 radical (unpaired) electrons. The van der Waals surface area contributed by atoms with E-state index >= 15 is 0 Å². The first-order valence-electron chi connectivity index (χ1n) is 6.67. The van der Waals surface area contributed by atoms with Gasteiger partial charge in [-0.3, -0.25) is 4.79 Å². The van der Waals surface area contributed by atoms with Gasteiger partial charge in [0, 0.05) is 11.1 Å². The number of carbonyl (C=O) groups excluding carboxylic acids is 1. The number of carboxylic acids is 1. The summed E-state index contributed by atoms with van der Waals surface area (Å²) in [7, 11) is 0. The van der Waals surface area contributed by atoms with E-state index < -0.39 is 11.5 Å². The van der Waals surface area contributed by atoms with Gasteiger partial charge >= 0.3 is 5.97 Å². The molecule has 0 aliphatic heterocycles. The Morgan fingerprint density at radius 2 is 1.95 bits per heavy atom. The van der Waals surface area contributed by atoms with Crippen LogP contribution in [0, 0.1) is 13.8 Å². The van der Waals surface area contributed by atoms with Crippen molar-refractivity contribution in [3.8, 4) is 0 Å². The Kier molecular flexibility index (Phi) is 4.27. The van der Waals surface area contributed by atoms with Crippen LogP contribution in [-0.2, 0) is 5.54 Å². The number of thiazole rings is 1. The number of carbonyl (C=O) groups is 2. The minimum Gasteiger partial charge on any atom is -0.478 e. The summed E-state index contributed by atoms with van der Waals surface area (Å²) in [6.45, 7) is 7.24. The molecule has 2 rings (SSSR count). The van der Waals surface area contributed by atoms with E-state index in [9.17, 15) is 9.59 Å². The molecule has 0 aliphatic carbocycles. The molecule has 0 atom stereocenters. The second-order valence-corrected chi connectivity index (χ2v) is 6.72. The average Bonchev–Trinajstić information content (AvgIpc) is 2.85. The molecule has 1 amide bonds. The lowest BCUT2D eigenvalue weighted by atomic mass is 10.1.